The molecule has 0 aromatic rings. The number of rotatable bonds is 4. The van der Waals surface area contributed by atoms with Crippen molar-refractivity contribution in [2.45, 2.75) is 32.7 Å². The van der Waals surface area contributed by atoms with Crippen molar-refractivity contribution in [3.63, 3.8) is 0 Å². The second-order valence-corrected chi connectivity index (χ2v) is 5.01. The number of hydrogen-bond donors (Lipinski definition) is 1. The van der Waals surface area contributed by atoms with E-state index in [4.69, 9.17) is 5.73 Å². The highest BCUT2D eigenvalue weighted by Crippen LogP contribution is 2.08. The summed E-state index contributed by atoms with van der Waals surface area (Å²) in [5.74, 6) is 0.644. The first-order valence-electron chi connectivity index (χ1n) is 6.30. The molecule has 3 nitrogen and oxygen atoms in total. The Morgan fingerprint density at radius 3 is 2.60 bits per heavy atom. The van der Waals surface area contributed by atoms with Crippen molar-refractivity contribution < 1.29 is 0 Å². The van der Waals surface area contributed by atoms with Crippen LogP contribution in [0.25, 0.3) is 0 Å². The highest BCUT2D eigenvalue weighted by atomic mass is 15.2. The normalized spacial score (nSPS) is 24.8. The van der Waals surface area contributed by atoms with Gasteiger partial charge in [0.15, 0.2) is 0 Å². The topological polar surface area (TPSA) is 32.5 Å². The molecule has 1 fully saturated rings. The van der Waals surface area contributed by atoms with Gasteiger partial charge in [0.05, 0.1) is 0 Å². The zero-order valence-corrected chi connectivity index (χ0v) is 10.6. The molecule has 0 bridgehead atoms. The molecule has 1 aliphatic rings. The van der Waals surface area contributed by atoms with E-state index in [9.17, 15) is 0 Å². The van der Waals surface area contributed by atoms with Crippen LogP contribution in [-0.2, 0) is 0 Å². The van der Waals surface area contributed by atoms with Gasteiger partial charge >= 0.3 is 0 Å². The molecule has 0 radical (unpaired) electrons. The minimum atomic E-state index is 0.346. The van der Waals surface area contributed by atoms with Crippen LogP contribution in [0.3, 0.4) is 0 Å². The first-order valence-corrected chi connectivity index (χ1v) is 6.30. The lowest BCUT2D eigenvalue weighted by molar-refractivity contribution is 0.236. The Kier molecular flexibility index (Phi) is 5.58. The summed E-state index contributed by atoms with van der Waals surface area (Å²) in [5, 5.41) is 0. The van der Waals surface area contributed by atoms with Gasteiger partial charge < -0.3 is 15.5 Å². The fourth-order valence-corrected chi connectivity index (χ4v) is 2.06. The number of hydrogen-bond acceptors (Lipinski definition) is 3. The second-order valence-electron chi connectivity index (χ2n) is 5.01. The summed E-state index contributed by atoms with van der Waals surface area (Å²) >= 11 is 0. The molecule has 1 saturated heterocycles. The van der Waals surface area contributed by atoms with Crippen LogP contribution >= 0.6 is 0 Å². The van der Waals surface area contributed by atoms with Crippen LogP contribution < -0.4 is 5.73 Å². The van der Waals surface area contributed by atoms with Crippen molar-refractivity contribution >= 4 is 0 Å². The number of likely N-dealkylation sites (N-methyl/N-ethyl adjacent to an activating group) is 1. The van der Waals surface area contributed by atoms with Crippen molar-refractivity contribution in [2.75, 3.05) is 39.8 Å². The van der Waals surface area contributed by atoms with Crippen LogP contribution in [0.1, 0.15) is 26.7 Å². The predicted molar refractivity (Wildman–Crippen MR) is 66.0 cm³/mol. The zero-order valence-electron chi connectivity index (χ0n) is 10.6. The van der Waals surface area contributed by atoms with Crippen molar-refractivity contribution in [1.29, 1.82) is 0 Å². The van der Waals surface area contributed by atoms with Gasteiger partial charge in [-0.25, -0.2) is 0 Å². The summed E-state index contributed by atoms with van der Waals surface area (Å²) in [4.78, 5) is 4.94. The van der Waals surface area contributed by atoms with E-state index in [2.05, 4.69) is 30.7 Å². The summed E-state index contributed by atoms with van der Waals surface area (Å²) in [7, 11) is 2.21. The summed E-state index contributed by atoms with van der Waals surface area (Å²) < 4.78 is 0. The van der Waals surface area contributed by atoms with Crippen LogP contribution in [0.5, 0.6) is 0 Å². The van der Waals surface area contributed by atoms with E-state index in [1.165, 1.54) is 39.0 Å². The third-order valence-corrected chi connectivity index (χ3v) is 3.66. The quantitative estimate of drug-likeness (QED) is 0.756. The van der Waals surface area contributed by atoms with Crippen molar-refractivity contribution in [3.05, 3.63) is 0 Å². The van der Waals surface area contributed by atoms with E-state index in [1.807, 2.05) is 0 Å². The van der Waals surface area contributed by atoms with Crippen molar-refractivity contribution in [1.82, 2.24) is 9.80 Å². The molecule has 1 rings (SSSR count). The average Bonchev–Trinajstić information content (AvgIpc) is 2.42. The van der Waals surface area contributed by atoms with E-state index >= 15 is 0 Å². The molecule has 0 unspecified atom stereocenters. The minimum absolute atomic E-state index is 0.346. The molecule has 0 spiro atoms. The molecule has 0 aromatic heterocycles. The van der Waals surface area contributed by atoms with E-state index in [0.717, 1.165) is 6.54 Å². The lowest BCUT2D eigenvalue weighted by atomic mass is 9.99. The second kappa shape index (κ2) is 6.46. The Balaban J connectivity index is 2.30. The van der Waals surface area contributed by atoms with Crippen LogP contribution in [0.2, 0.25) is 0 Å². The van der Waals surface area contributed by atoms with Gasteiger partial charge in [-0.1, -0.05) is 20.3 Å². The zero-order chi connectivity index (χ0) is 11.3. The average molecular weight is 213 g/mol. The van der Waals surface area contributed by atoms with E-state index in [0.29, 0.717) is 12.0 Å². The first kappa shape index (κ1) is 12.9. The molecule has 0 amide bonds. The monoisotopic (exact) mass is 213 g/mol. The summed E-state index contributed by atoms with van der Waals surface area (Å²) in [5.41, 5.74) is 6.19. The SMILES string of the molecule is CC[C@@H](C)[C@H](N)CN1CCCN(C)CC1. The molecule has 90 valence electrons. The maximum absolute atomic E-state index is 6.19. The molecule has 1 aliphatic heterocycles. The van der Waals surface area contributed by atoms with Gasteiger partial charge in [-0.2, -0.15) is 0 Å². The molecular weight excluding hydrogens is 186 g/mol. The lowest BCUT2D eigenvalue weighted by Crippen LogP contribution is -2.42. The summed E-state index contributed by atoms with van der Waals surface area (Å²) in [6.07, 6.45) is 2.47. The van der Waals surface area contributed by atoms with Crippen LogP contribution in [-0.4, -0.2) is 55.6 Å². The molecule has 2 N–H and O–H groups in total. The smallest absolute Gasteiger partial charge is 0.0193 e. The fourth-order valence-electron chi connectivity index (χ4n) is 2.06. The fraction of sp³-hybridized carbons (Fsp3) is 1.00. The Morgan fingerprint density at radius 1 is 1.20 bits per heavy atom. The lowest BCUT2D eigenvalue weighted by Gasteiger charge is -2.27. The van der Waals surface area contributed by atoms with Crippen LogP contribution in [0.4, 0.5) is 0 Å². The van der Waals surface area contributed by atoms with Crippen molar-refractivity contribution in [2.24, 2.45) is 11.7 Å². The van der Waals surface area contributed by atoms with Crippen molar-refractivity contribution in [3.8, 4) is 0 Å². The minimum Gasteiger partial charge on any atom is -0.326 e. The van der Waals surface area contributed by atoms with Crippen LogP contribution in [0.15, 0.2) is 0 Å². The van der Waals surface area contributed by atoms with Gasteiger partial charge in [0.1, 0.15) is 0 Å². The third kappa shape index (κ3) is 4.49. The van der Waals surface area contributed by atoms with Gasteiger partial charge in [-0.05, 0) is 32.5 Å². The molecule has 0 aromatic carbocycles. The standard InChI is InChI=1S/C12H27N3/c1-4-11(2)12(13)10-15-7-5-6-14(3)8-9-15/h11-12H,4-10,13H2,1-3H3/t11-,12-/m1/s1. The molecule has 2 atom stereocenters. The summed E-state index contributed by atoms with van der Waals surface area (Å²) in [6.45, 7) is 10.4. The summed E-state index contributed by atoms with van der Waals surface area (Å²) in [6, 6.07) is 0.346. The molecule has 3 heteroatoms. The maximum atomic E-state index is 6.19. The largest absolute Gasteiger partial charge is 0.326 e. The predicted octanol–water partition coefficient (Wildman–Crippen LogP) is 0.997. The first-order chi connectivity index (χ1) is 7.13. The number of nitrogens with two attached hydrogens (primary N) is 1. The highest BCUT2D eigenvalue weighted by Gasteiger charge is 2.17. The number of nitrogens with zero attached hydrogens (tertiary/aromatic N) is 2. The van der Waals surface area contributed by atoms with Gasteiger partial charge in [0, 0.05) is 25.7 Å². The molecular formula is C12H27N3. The van der Waals surface area contributed by atoms with Gasteiger partial charge in [-0.3, -0.25) is 0 Å². The molecule has 1 heterocycles. The van der Waals surface area contributed by atoms with E-state index < -0.39 is 0 Å². The van der Waals surface area contributed by atoms with Gasteiger partial charge in [0.2, 0.25) is 0 Å². The van der Waals surface area contributed by atoms with E-state index in [-0.39, 0.29) is 0 Å². The molecule has 0 aliphatic carbocycles. The maximum Gasteiger partial charge on any atom is 0.0193 e. The third-order valence-electron chi connectivity index (χ3n) is 3.66. The van der Waals surface area contributed by atoms with E-state index in [1.54, 1.807) is 0 Å². The Bertz CT molecular complexity index is 172. The Labute approximate surface area is 94.6 Å². The van der Waals surface area contributed by atoms with Gasteiger partial charge in [0.25, 0.3) is 0 Å². The van der Waals surface area contributed by atoms with Crippen LogP contribution in [0, 0.1) is 5.92 Å². The molecule has 0 saturated carbocycles. The molecule has 15 heavy (non-hydrogen) atoms. The highest BCUT2D eigenvalue weighted by molar-refractivity contribution is 4.75. The Morgan fingerprint density at radius 2 is 1.93 bits per heavy atom. The van der Waals surface area contributed by atoms with Gasteiger partial charge in [-0.15, -0.1) is 0 Å². The Hall–Kier alpha value is -0.120.